The highest BCUT2D eigenvalue weighted by atomic mass is 32.2. The molecule has 2 heterocycles. The van der Waals surface area contributed by atoms with Crippen molar-refractivity contribution in [2.24, 2.45) is 0 Å². The highest BCUT2D eigenvalue weighted by Gasteiger charge is 2.34. The van der Waals surface area contributed by atoms with Crippen LogP contribution in [0.25, 0.3) is 0 Å². The minimum atomic E-state index is -0.388. The van der Waals surface area contributed by atoms with Gasteiger partial charge in [0, 0.05) is 23.8 Å². The summed E-state index contributed by atoms with van der Waals surface area (Å²) in [5.41, 5.74) is 0.307. The van der Waals surface area contributed by atoms with E-state index in [1.807, 2.05) is 26.8 Å². The van der Waals surface area contributed by atoms with E-state index >= 15 is 0 Å². The lowest BCUT2D eigenvalue weighted by Crippen LogP contribution is -2.55. The van der Waals surface area contributed by atoms with E-state index in [1.165, 1.54) is 0 Å². The number of carbonyl (C=O) groups is 2. The first-order valence-corrected chi connectivity index (χ1v) is 9.52. The Labute approximate surface area is 148 Å². The van der Waals surface area contributed by atoms with Gasteiger partial charge in [-0.05, 0) is 57.9 Å². The summed E-state index contributed by atoms with van der Waals surface area (Å²) in [6.45, 7) is 8.54. The third kappa shape index (κ3) is 4.97. The van der Waals surface area contributed by atoms with Crippen molar-refractivity contribution in [1.29, 1.82) is 0 Å². The van der Waals surface area contributed by atoms with Crippen molar-refractivity contribution in [3.8, 4) is 0 Å². The van der Waals surface area contributed by atoms with Gasteiger partial charge in [0.05, 0.1) is 5.03 Å². The van der Waals surface area contributed by atoms with Gasteiger partial charge in [-0.1, -0.05) is 6.92 Å². The molecule has 1 aromatic rings. The maximum absolute atomic E-state index is 12.9. The first kappa shape index (κ1) is 18.8. The fourth-order valence-corrected chi connectivity index (χ4v) is 3.48. The van der Waals surface area contributed by atoms with E-state index < -0.39 is 0 Å². The summed E-state index contributed by atoms with van der Waals surface area (Å²) in [5, 5.41) is 3.85. The number of carbonyl (C=O) groups excluding carboxylic acids is 2. The van der Waals surface area contributed by atoms with E-state index in [0.29, 0.717) is 12.1 Å². The molecule has 1 fully saturated rings. The molecule has 24 heavy (non-hydrogen) atoms. The molecule has 0 unspecified atom stereocenters. The Kier molecular flexibility index (Phi) is 6.27. The summed E-state index contributed by atoms with van der Waals surface area (Å²) in [4.78, 5) is 31.5. The van der Waals surface area contributed by atoms with Crippen molar-refractivity contribution in [2.45, 2.75) is 63.6 Å². The molecule has 0 spiro atoms. The monoisotopic (exact) mass is 349 g/mol. The van der Waals surface area contributed by atoms with E-state index in [-0.39, 0.29) is 23.4 Å². The van der Waals surface area contributed by atoms with Crippen LogP contribution in [0, 0.1) is 0 Å². The summed E-state index contributed by atoms with van der Waals surface area (Å²) in [7, 11) is 0. The Bertz CT molecular complexity index is 598. The van der Waals surface area contributed by atoms with Crippen molar-refractivity contribution < 1.29 is 9.59 Å². The Balaban J connectivity index is 2.18. The molecule has 6 heteroatoms. The zero-order valence-electron chi connectivity index (χ0n) is 15.0. The molecule has 0 bridgehead atoms. The molecule has 2 rings (SSSR count). The van der Waals surface area contributed by atoms with Crippen molar-refractivity contribution >= 4 is 23.6 Å². The number of aromatic nitrogens is 1. The normalized spacial score (nSPS) is 18.3. The highest BCUT2D eigenvalue weighted by Crippen LogP contribution is 2.22. The van der Waals surface area contributed by atoms with Gasteiger partial charge in [0.25, 0.3) is 5.91 Å². The van der Waals surface area contributed by atoms with Crippen LogP contribution in [0.2, 0.25) is 0 Å². The van der Waals surface area contributed by atoms with Gasteiger partial charge in [0.15, 0.2) is 0 Å². The summed E-state index contributed by atoms with van der Waals surface area (Å²) in [5.74, 6) is 0.766. The van der Waals surface area contributed by atoms with E-state index in [0.717, 1.165) is 30.0 Å². The molecule has 0 aromatic carbocycles. The highest BCUT2D eigenvalue weighted by molar-refractivity contribution is 7.99. The first-order chi connectivity index (χ1) is 11.3. The Hall–Kier alpha value is -1.56. The number of nitrogens with zero attached hydrogens (tertiary/aromatic N) is 2. The number of thioether (sulfide) groups is 1. The van der Waals surface area contributed by atoms with Gasteiger partial charge in [0.1, 0.15) is 6.04 Å². The van der Waals surface area contributed by atoms with Gasteiger partial charge < -0.3 is 10.2 Å². The van der Waals surface area contributed by atoms with Gasteiger partial charge in [0.2, 0.25) is 5.91 Å². The zero-order chi connectivity index (χ0) is 17.7. The minimum absolute atomic E-state index is 0.0623. The summed E-state index contributed by atoms with van der Waals surface area (Å²) < 4.78 is 0. The van der Waals surface area contributed by atoms with E-state index in [4.69, 9.17) is 0 Å². The smallest absolute Gasteiger partial charge is 0.254 e. The molecular formula is C18H27N3O2S. The molecular weight excluding hydrogens is 322 g/mol. The zero-order valence-corrected chi connectivity index (χ0v) is 15.8. The second-order valence-corrected chi connectivity index (χ2v) is 8.35. The van der Waals surface area contributed by atoms with Crippen LogP contribution in [-0.4, -0.2) is 45.6 Å². The standard InChI is InChI=1S/C18H27N3O2S/c1-5-24-15-12-13(9-10-19-15)17(23)21-11-7-6-8-14(21)16(22)20-18(2,3)4/h9-10,12,14H,5-8,11H2,1-4H3,(H,20,22)/t14-/m1/s1. The number of rotatable bonds is 4. The average molecular weight is 350 g/mol. The molecule has 1 aromatic heterocycles. The molecule has 1 saturated heterocycles. The van der Waals surface area contributed by atoms with Gasteiger partial charge in [-0.25, -0.2) is 4.98 Å². The van der Waals surface area contributed by atoms with Crippen LogP contribution >= 0.6 is 11.8 Å². The Morgan fingerprint density at radius 3 is 2.79 bits per heavy atom. The number of pyridine rings is 1. The lowest BCUT2D eigenvalue weighted by atomic mass is 9.98. The minimum Gasteiger partial charge on any atom is -0.350 e. The second-order valence-electron chi connectivity index (χ2n) is 7.07. The molecule has 1 N–H and O–H groups in total. The van der Waals surface area contributed by atoms with Crippen LogP contribution in [0.3, 0.4) is 0 Å². The first-order valence-electron chi connectivity index (χ1n) is 8.53. The van der Waals surface area contributed by atoms with Gasteiger partial charge >= 0.3 is 0 Å². The molecule has 0 saturated carbocycles. The molecule has 0 radical (unpaired) electrons. The number of piperidine rings is 1. The van der Waals surface area contributed by atoms with Crippen molar-refractivity contribution in [3.63, 3.8) is 0 Å². The Morgan fingerprint density at radius 2 is 2.12 bits per heavy atom. The van der Waals surface area contributed by atoms with Crippen LogP contribution in [0.5, 0.6) is 0 Å². The largest absolute Gasteiger partial charge is 0.350 e. The van der Waals surface area contributed by atoms with E-state index in [1.54, 1.807) is 28.9 Å². The average Bonchev–Trinajstić information content (AvgIpc) is 2.53. The van der Waals surface area contributed by atoms with Gasteiger partial charge in [-0.3, -0.25) is 9.59 Å². The predicted molar refractivity (Wildman–Crippen MR) is 97.2 cm³/mol. The topological polar surface area (TPSA) is 62.3 Å². The van der Waals surface area contributed by atoms with Crippen LogP contribution in [0.15, 0.2) is 23.4 Å². The number of likely N-dealkylation sites (tertiary alicyclic amines) is 1. The number of nitrogens with one attached hydrogen (secondary N) is 1. The fraction of sp³-hybridized carbons (Fsp3) is 0.611. The SMILES string of the molecule is CCSc1cc(C(=O)N2CCCC[C@@H]2C(=O)NC(C)(C)C)ccn1. The maximum atomic E-state index is 12.9. The molecule has 5 nitrogen and oxygen atoms in total. The molecule has 2 amide bonds. The van der Waals surface area contributed by atoms with Crippen molar-refractivity contribution in [2.75, 3.05) is 12.3 Å². The second kappa shape index (κ2) is 8.01. The van der Waals surface area contributed by atoms with Crippen LogP contribution in [0.4, 0.5) is 0 Å². The summed E-state index contributed by atoms with van der Waals surface area (Å²) in [6.07, 6.45) is 4.29. The lowest BCUT2D eigenvalue weighted by molar-refractivity contribution is -0.128. The van der Waals surface area contributed by atoms with E-state index in [9.17, 15) is 9.59 Å². The quantitative estimate of drug-likeness (QED) is 0.849. The molecule has 0 aliphatic carbocycles. The van der Waals surface area contributed by atoms with Crippen LogP contribution < -0.4 is 5.32 Å². The summed E-state index contributed by atoms with van der Waals surface area (Å²) >= 11 is 1.61. The molecule has 1 atom stereocenters. The molecule has 132 valence electrons. The third-order valence-corrected chi connectivity index (χ3v) is 4.65. The predicted octanol–water partition coefficient (Wildman–Crippen LogP) is 3.10. The summed E-state index contributed by atoms with van der Waals surface area (Å²) in [6, 6.07) is 3.17. The maximum Gasteiger partial charge on any atom is 0.254 e. The number of hydrogen-bond acceptors (Lipinski definition) is 4. The number of amides is 2. The van der Waals surface area contributed by atoms with E-state index in [2.05, 4.69) is 17.2 Å². The van der Waals surface area contributed by atoms with Crippen molar-refractivity contribution in [3.05, 3.63) is 23.9 Å². The van der Waals surface area contributed by atoms with Gasteiger partial charge in [-0.2, -0.15) is 0 Å². The van der Waals surface area contributed by atoms with Crippen LogP contribution in [0.1, 0.15) is 57.3 Å². The van der Waals surface area contributed by atoms with Crippen LogP contribution in [-0.2, 0) is 4.79 Å². The van der Waals surface area contributed by atoms with Gasteiger partial charge in [-0.15, -0.1) is 11.8 Å². The Morgan fingerprint density at radius 1 is 1.38 bits per heavy atom. The molecule has 1 aliphatic rings. The third-order valence-electron chi connectivity index (χ3n) is 3.84. The van der Waals surface area contributed by atoms with Crippen molar-refractivity contribution in [1.82, 2.24) is 15.2 Å². The molecule has 1 aliphatic heterocycles. The lowest BCUT2D eigenvalue weighted by Gasteiger charge is -2.36. The number of hydrogen-bond donors (Lipinski definition) is 1. The fourth-order valence-electron chi connectivity index (χ4n) is 2.84.